The average Bonchev–Trinajstić information content (AvgIpc) is 3.02. The number of benzene rings is 2. The minimum atomic E-state index is -0.0332. The van der Waals surface area contributed by atoms with Gasteiger partial charge in [0.15, 0.2) is 5.78 Å². The van der Waals surface area contributed by atoms with E-state index in [0.29, 0.717) is 13.0 Å². The van der Waals surface area contributed by atoms with E-state index in [2.05, 4.69) is 11.4 Å². The number of nitrogens with one attached hydrogen (secondary N) is 1. The van der Waals surface area contributed by atoms with Gasteiger partial charge in [-0.05, 0) is 42.2 Å². The SMILES string of the molecule is CCCC(=O)NC[C@H]1Cc2cc(-c3ccccc3C(C)=O)ccc2O1. The van der Waals surface area contributed by atoms with Gasteiger partial charge in [0.25, 0.3) is 0 Å². The summed E-state index contributed by atoms with van der Waals surface area (Å²) in [6.07, 6.45) is 2.12. The molecular weight excluding hydrogens is 314 g/mol. The molecule has 1 aliphatic heterocycles. The van der Waals surface area contributed by atoms with Gasteiger partial charge in [0.2, 0.25) is 5.91 Å². The van der Waals surface area contributed by atoms with Crippen molar-refractivity contribution < 1.29 is 14.3 Å². The first-order valence-corrected chi connectivity index (χ1v) is 8.75. The van der Waals surface area contributed by atoms with Crippen molar-refractivity contribution in [1.29, 1.82) is 0 Å². The van der Waals surface area contributed by atoms with Crippen LogP contribution in [0.25, 0.3) is 11.1 Å². The standard InChI is InChI=1S/C21H23NO3/c1-3-6-21(24)22-13-17-12-16-11-15(9-10-20(16)25-17)19-8-5-4-7-18(19)14(2)23/h4-5,7-11,17H,3,6,12-13H2,1-2H3,(H,22,24)/t17-/m1/s1. The Hall–Kier alpha value is -2.62. The van der Waals surface area contributed by atoms with Crippen molar-refractivity contribution >= 4 is 11.7 Å². The number of amides is 1. The van der Waals surface area contributed by atoms with Crippen LogP contribution in [0, 0.1) is 0 Å². The molecule has 130 valence electrons. The van der Waals surface area contributed by atoms with Gasteiger partial charge in [-0.2, -0.15) is 0 Å². The lowest BCUT2D eigenvalue weighted by atomic mass is 9.95. The molecule has 0 fully saturated rings. The van der Waals surface area contributed by atoms with Crippen molar-refractivity contribution in [2.45, 2.75) is 39.2 Å². The third kappa shape index (κ3) is 3.90. The summed E-state index contributed by atoms with van der Waals surface area (Å²) in [6.45, 7) is 4.10. The maximum Gasteiger partial charge on any atom is 0.220 e. The monoisotopic (exact) mass is 337 g/mol. The Kier molecular flexibility index (Phi) is 5.17. The van der Waals surface area contributed by atoms with Crippen LogP contribution in [0.4, 0.5) is 0 Å². The van der Waals surface area contributed by atoms with Crippen LogP contribution in [0.15, 0.2) is 42.5 Å². The van der Waals surface area contributed by atoms with Crippen molar-refractivity contribution in [3.8, 4) is 16.9 Å². The first-order chi connectivity index (χ1) is 12.1. The third-order valence-corrected chi connectivity index (χ3v) is 4.42. The van der Waals surface area contributed by atoms with Gasteiger partial charge in [-0.15, -0.1) is 0 Å². The molecule has 3 rings (SSSR count). The highest BCUT2D eigenvalue weighted by molar-refractivity contribution is 6.00. The fourth-order valence-electron chi connectivity index (χ4n) is 3.19. The molecule has 1 aliphatic rings. The van der Waals surface area contributed by atoms with Crippen LogP contribution in [0.5, 0.6) is 5.75 Å². The summed E-state index contributed by atoms with van der Waals surface area (Å²) in [5, 5.41) is 2.92. The molecule has 2 aromatic rings. The second-order valence-corrected chi connectivity index (χ2v) is 6.42. The molecule has 0 spiro atoms. The predicted octanol–water partition coefficient (Wildman–Crippen LogP) is 3.78. The highest BCUT2D eigenvalue weighted by Gasteiger charge is 2.24. The van der Waals surface area contributed by atoms with Crippen molar-refractivity contribution in [2.75, 3.05) is 6.54 Å². The number of hydrogen-bond acceptors (Lipinski definition) is 3. The molecule has 0 aromatic heterocycles. The molecule has 4 heteroatoms. The zero-order valence-corrected chi connectivity index (χ0v) is 14.7. The highest BCUT2D eigenvalue weighted by Crippen LogP contribution is 2.34. The van der Waals surface area contributed by atoms with Crippen LogP contribution in [0.2, 0.25) is 0 Å². The highest BCUT2D eigenvalue weighted by atomic mass is 16.5. The van der Waals surface area contributed by atoms with Gasteiger partial charge >= 0.3 is 0 Å². The smallest absolute Gasteiger partial charge is 0.220 e. The number of ether oxygens (including phenoxy) is 1. The zero-order chi connectivity index (χ0) is 17.8. The van der Waals surface area contributed by atoms with E-state index in [4.69, 9.17) is 4.74 Å². The summed E-state index contributed by atoms with van der Waals surface area (Å²) in [7, 11) is 0. The number of rotatable bonds is 6. The molecule has 1 N–H and O–H groups in total. The number of Topliss-reactive ketones (excluding diaryl/α,β-unsaturated/α-hetero) is 1. The lowest BCUT2D eigenvalue weighted by molar-refractivity contribution is -0.121. The van der Waals surface area contributed by atoms with E-state index in [1.165, 1.54) is 0 Å². The maximum atomic E-state index is 11.9. The molecule has 25 heavy (non-hydrogen) atoms. The summed E-state index contributed by atoms with van der Waals surface area (Å²) in [5.41, 5.74) is 3.80. The topological polar surface area (TPSA) is 55.4 Å². The van der Waals surface area contributed by atoms with Crippen LogP contribution in [0.1, 0.15) is 42.6 Å². The second kappa shape index (κ2) is 7.51. The Morgan fingerprint density at radius 1 is 1.20 bits per heavy atom. The van der Waals surface area contributed by atoms with Gasteiger partial charge in [-0.1, -0.05) is 37.3 Å². The average molecular weight is 337 g/mol. The Bertz CT molecular complexity index is 797. The molecule has 1 atom stereocenters. The quantitative estimate of drug-likeness (QED) is 0.816. The Labute approximate surface area is 148 Å². The van der Waals surface area contributed by atoms with E-state index in [0.717, 1.165) is 40.8 Å². The molecule has 0 unspecified atom stereocenters. The third-order valence-electron chi connectivity index (χ3n) is 4.42. The van der Waals surface area contributed by atoms with Crippen molar-refractivity contribution in [1.82, 2.24) is 5.32 Å². The van der Waals surface area contributed by atoms with Crippen molar-refractivity contribution in [3.05, 3.63) is 53.6 Å². The molecule has 0 saturated heterocycles. The molecule has 2 aromatic carbocycles. The van der Waals surface area contributed by atoms with Crippen LogP contribution in [-0.4, -0.2) is 24.3 Å². The predicted molar refractivity (Wildman–Crippen MR) is 97.9 cm³/mol. The van der Waals surface area contributed by atoms with Gasteiger partial charge < -0.3 is 10.1 Å². The summed E-state index contributed by atoms with van der Waals surface area (Å²) < 4.78 is 5.92. The number of carbonyl (C=O) groups is 2. The number of hydrogen-bond donors (Lipinski definition) is 1. The van der Waals surface area contributed by atoms with Gasteiger partial charge in [-0.25, -0.2) is 0 Å². The first-order valence-electron chi connectivity index (χ1n) is 8.75. The van der Waals surface area contributed by atoms with Crippen LogP contribution >= 0.6 is 0 Å². The molecule has 0 aliphatic carbocycles. The molecule has 4 nitrogen and oxygen atoms in total. The van der Waals surface area contributed by atoms with Gasteiger partial charge in [0.1, 0.15) is 11.9 Å². The van der Waals surface area contributed by atoms with E-state index >= 15 is 0 Å². The Balaban J connectivity index is 1.75. The number of ketones is 1. The minimum Gasteiger partial charge on any atom is -0.488 e. The van der Waals surface area contributed by atoms with E-state index in [1.807, 2.05) is 43.3 Å². The normalized spacial score (nSPS) is 15.4. The lowest BCUT2D eigenvalue weighted by Crippen LogP contribution is -2.34. The molecular formula is C21H23NO3. The zero-order valence-electron chi connectivity index (χ0n) is 14.7. The minimum absolute atomic E-state index is 0.0332. The van der Waals surface area contributed by atoms with E-state index < -0.39 is 0 Å². The molecule has 0 saturated carbocycles. The van der Waals surface area contributed by atoms with Crippen LogP contribution in [-0.2, 0) is 11.2 Å². The van der Waals surface area contributed by atoms with E-state index in [-0.39, 0.29) is 17.8 Å². The largest absolute Gasteiger partial charge is 0.488 e. The fourth-order valence-corrected chi connectivity index (χ4v) is 3.19. The van der Waals surface area contributed by atoms with Crippen LogP contribution < -0.4 is 10.1 Å². The van der Waals surface area contributed by atoms with Crippen molar-refractivity contribution in [3.63, 3.8) is 0 Å². The summed E-state index contributed by atoms with van der Waals surface area (Å²) in [4.78, 5) is 23.5. The molecule has 1 amide bonds. The number of fused-ring (bicyclic) bond motifs is 1. The summed E-state index contributed by atoms with van der Waals surface area (Å²) in [5.74, 6) is 0.987. The molecule has 1 heterocycles. The Morgan fingerprint density at radius 2 is 2.00 bits per heavy atom. The van der Waals surface area contributed by atoms with Gasteiger partial charge in [-0.3, -0.25) is 9.59 Å². The lowest BCUT2D eigenvalue weighted by Gasteiger charge is -2.11. The first kappa shape index (κ1) is 17.2. The molecule has 0 bridgehead atoms. The number of carbonyl (C=O) groups excluding carboxylic acids is 2. The maximum absolute atomic E-state index is 11.9. The van der Waals surface area contributed by atoms with Gasteiger partial charge in [0, 0.05) is 18.4 Å². The second-order valence-electron chi connectivity index (χ2n) is 6.42. The molecule has 0 radical (unpaired) electrons. The summed E-state index contributed by atoms with van der Waals surface area (Å²) in [6, 6.07) is 13.7. The van der Waals surface area contributed by atoms with Gasteiger partial charge in [0.05, 0.1) is 6.54 Å². The van der Waals surface area contributed by atoms with E-state index in [9.17, 15) is 9.59 Å². The van der Waals surface area contributed by atoms with Crippen LogP contribution in [0.3, 0.4) is 0 Å². The summed E-state index contributed by atoms with van der Waals surface area (Å²) >= 11 is 0. The fraction of sp³-hybridized carbons (Fsp3) is 0.333. The Morgan fingerprint density at radius 3 is 2.76 bits per heavy atom. The van der Waals surface area contributed by atoms with E-state index in [1.54, 1.807) is 6.92 Å². The van der Waals surface area contributed by atoms with Crippen molar-refractivity contribution in [2.24, 2.45) is 0 Å².